The van der Waals surface area contributed by atoms with Crippen molar-refractivity contribution in [2.24, 2.45) is 0 Å². The number of aryl methyl sites for hydroxylation is 1. The Balaban J connectivity index is 1.29. The van der Waals surface area contributed by atoms with Crippen molar-refractivity contribution >= 4 is 17.7 Å². The number of ether oxygens (including phenoxy) is 2. The molecule has 1 aromatic carbocycles. The zero-order valence-electron chi connectivity index (χ0n) is 16.7. The van der Waals surface area contributed by atoms with Crippen LogP contribution in [0.4, 0.5) is 20.5 Å². The average Bonchev–Trinajstić information content (AvgIpc) is 3.03. The molecule has 10 heteroatoms. The number of carbonyl (C=O) groups excluding carboxylic acids is 1. The molecule has 0 saturated heterocycles. The van der Waals surface area contributed by atoms with Gasteiger partial charge in [0.25, 0.3) is 5.91 Å². The lowest BCUT2D eigenvalue weighted by Gasteiger charge is -2.29. The molecule has 0 atom stereocenters. The van der Waals surface area contributed by atoms with E-state index in [1.54, 1.807) is 6.20 Å². The molecule has 1 aromatic heterocycles. The lowest BCUT2D eigenvalue weighted by atomic mass is 9.91. The molecule has 0 unspecified atom stereocenters. The highest BCUT2D eigenvalue weighted by Gasteiger charge is 2.43. The topological polar surface area (TPSA) is 97.4 Å². The van der Waals surface area contributed by atoms with Gasteiger partial charge in [-0.15, -0.1) is 8.78 Å². The number of anilines is 2. The zero-order valence-corrected chi connectivity index (χ0v) is 16.7. The Morgan fingerprint density at radius 2 is 1.83 bits per heavy atom. The van der Waals surface area contributed by atoms with Gasteiger partial charge in [-0.3, -0.25) is 4.79 Å². The maximum absolute atomic E-state index is 13.1. The van der Waals surface area contributed by atoms with Crippen molar-refractivity contribution < 1.29 is 23.0 Å². The number of rotatable bonds is 5. The van der Waals surface area contributed by atoms with Crippen LogP contribution in [0.5, 0.6) is 11.5 Å². The van der Waals surface area contributed by atoms with Gasteiger partial charge in [-0.1, -0.05) is 0 Å². The molecular weight excluding hydrogens is 396 g/mol. The van der Waals surface area contributed by atoms with Gasteiger partial charge in [0.05, 0.1) is 0 Å². The predicted molar refractivity (Wildman–Crippen MR) is 106 cm³/mol. The molecule has 1 aliphatic carbocycles. The van der Waals surface area contributed by atoms with Gasteiger partial charge < -0.3 is 25.4 Å². The molecule has 2 heterocycles. The summed E-state index contributed by atoms with van der Waals surface area (Å²) < 4.78 is 35.0. The molecule has 2 aromatic rings. The summed E-state index contributed by atoms with van der Waals surface area (Å²) in [5.41, 5.74) is 1.23. The van der Waals surface area contributed by atoms with E-state index in [9.17, 15) is 13.6 Å². The van der Waals surface area contributed by atoms with Crippen LogP contribution in [0, 0.1) is 6.92 Å². The molecule has 4 rings (SSSR count). The quantitative estimate of drug-likeness (QED) is 0.684. The molecule has 0 bridgehead atoms. The van der Waals surface area contributed by atoms with Gasteiger partial charge >= 0.3 is 6.29 Å². The highest BCUT2D eigenvalue weighted by molar-refractivity contribution is 5.95. The third-order valence-electron chi connectivity index (χ3n) is 5.27. The molecule has 0 spiro atoms. The number of benzene rings is 1. The van der Waals surface area contributed by atoms with Gasteiger partial charge in [0.15, 0.2) is 11.5 Å². The van der Waals surface area contributed by atoms with Crippen molar-refractivity contribution in [1.82, 2.24) is 15.3 Å². The third-order valence-corrected chi connectivity index (χ3v) is 5.27. The Hall–Kier alpha value is -3.17. The molecular formula is C20H23F2N5O3. The Labute approximate surface area is 172 Å². The maximum Gasteiger partial charge on any atom is 0.586 e. The van der Waals surface area contributed by atoms with E-state index in [1.165, 1.54) is 18.2 Å². The summed E-state index contributed by atoms with van der Waals surface area (Å²) in [6.45, 7) is 1.94. The fraction of sp³-hybridized carbons (Fsp3) is 0.450. The van der Waals surface area contributed by atoms with Crippen LogP contribution < -0.4 is 25.4 Å². The smallest absolute Gasteiger partial charge is 0.395 e. The van der Waals surface area contributed by atoms with Crippen molar-refractivity contribution in [3.05, 3.63) is 35.5 Å². The molecule has 1 saturated carbocycles. The summed E-state index contributed by atoms with van der Waals surface area (Å²) in [5.74, 6) is 0.820. The van der Waals surface area contributed by atoms with E-state index >= 15 is 0 Å². The minimum atomic E-state index is -3.70. The number of carbonyl (C=O) groups is 1. The number of halogens is 2. The van der Waals surface area contributed by atoms with E-state index in [2.05, 4.69) is 35.4 Å². The lowest BCUT2D eigenvalue weighted by Crippen LogP contribution is -2.40. The van der Waals surface area contributed by atoms with Crippen molar-refractivity contribution in [3.63, 3.8) is 0 Å². The Bertz CT molecular complexity index is 948. The molecule has 8 nitrogen and oxygen atoms in total. The molecule has 1 fully saturated rings. The van der Waals surface area contributed by atoms with E-state index in [0.717, 1.165) is 37.1 Å². The molecule has 160 valence electrons. The van der Waals surface area contributed by atoms with Gasteiger partial charge in [0, 0.05) is 36.5 Å². The van der Waals surface area contributed by atoms with E-state index in [0.29, 0.717) is 5.95 Å². The van der Waals surface area contributed by atoms with Gasteiger partial charge in [0.2, 0.25) is 5.95 Å². The molecule has 3 N–H and O–H groups in total. The number of aromatic nitrogens is 2. The minimum Gasteiger partial charge on any atom is -0.395 e. The summed E-state index contributed by atoms with van der Waals surface area (Å²) >= 11 is 0. The standard InChI is InChI=1S/C20H23F2N5O3/c1-11-10-24-19(27-17(11)23-2)26-14-6-4-13(5-7-14)25-18(28)12-3-8-15-16(9-12)30-20(21,22)29-15/h3,8-10,13-14H,4-7H2,1-2H3,(H,25,28)(H2,23,24,26,27). The van der Waals surface area contributed by atoms with Crippen molar-refractivity contribution in [1.29, 1.82) is 0 Å². The van der Waals surface area contributed by atoms with Gasteiger partial charge in [-0.2, -0.15) is 4.98 Å². The number of hydrogen-bond donors (Lipinski definition) is 3. The molecule has 30 heavy (non-hydrogen) atoms. The minimum absolute atomic E-state index is 0.00854. The van der Waals surface area contributed by atoms with Crippen LogP contribution >= 0.6 is 0 Å². The molecule has 1 aliphatic heterocycles. The fourth-order valence-corrected chi connectivity index (χ4v) is 3.69. The largest absolute Gasteiger partial charge is 0.586 e. The SMILES string of the molecule is CNc1nc(NC2CCC(NC(=O)c3ccc4c(c3)OC(F)(F)O4)CC2)ncc1C. The van der Waals surface area contributed by atoms with Gasteiger partial charge in [-0.05, 0) is 50.8 Å². The molecule has 2 aliphatic rings. The van der Waals surface area contributed by atoms with Crippen LogP contribution in [0.15, 0.2) is 24.4 Å². The van der Waals surface area contributed by atoms with Gasteiger partial charge in [0.1, 0.15) is 5.82 Å². The van der Waals surface area contributed by atoms with E-state index in [1.807, 2.05) is 14.0 Å². The van der Waals surface area contributed by atoms with Crippen LogP contribution in [0.25, 0.3) is 0 Å². The lowest BCUT2D eigenvalue weighted by molar-refractivity contribution is -0.286. The molecule has 0 radical (unpaired) electrons. The van der Waals surface area contributed by atoms with Crippen LogP contribution in [-0.2, 0) is 0 Å². The number of hydrogen-bond acceptors (Lipinski definition) is 7. The Kier molecular flexibility index (Phi) is 5.31. The van der Waals surface area contributed by atoms with E-state index in [4.69, 9.17) is 0 Å². The second-order valence-corrected chi connectivity index (χ2v) is 7.47. The van der Waals surface area contributed by atoms with E-state index in [-0.39, 0.29) is 35.1 Å². The summed E-state index contributed by atoms with van der Waals surface area (Å²) in [7, 11) is 1.82. The number of amides is 1. The number of fused-ring (bicyclic) bond motifs is 1. The summed E-state index contributed by atoms with van der Waals surface area (Å²) in [6.07, 6.45) is 1.36. The third kappa shape index (κ3) is 4.37. The second kappa shape index (κ2) is 7.92. The number of nitrogens with one attached hydrogen (secondary N) is 3. The Morgan fingerprint density at radius 1 is 1.13 bits per heavy atom. The zero-order chi connectivity index (χ0) is 21.3. The van der Waals surface area contributed by atoms with E-state index < -0.39 is 6.29 Å². The average molecular weight is 419 g/mol. The fourth-order valence-electron chi connectivity index (χ4n) is 3.69. The predicted octanol–water partition coefficient (Wildman–Crippen LogP) is 3.30. The summed E-state index contributed by atoms with van der Waals surface area (Å²) in [5, 5.41) is 9.35. The Morgan fingerprint density at radius 3 is 2.57 bits per heavy atom. The normalized spacial score (nSPS) is 21.7. The second-order valence-electron chi connectivity index (χ2n) is 7.47. The van der Waals surface area contributed by atoms with Crippen LogP contribution in [0.3, 0.4) is 0 Å². The highest BCUT2D eigenvalue weighted by Crippen LogP contribution is 2.41. The van der Waals surface area contributed by atoms with Crippen LogP contribution in [0.1, 0.15) is 41.6 Å². The monoisotopic (exact) mass is 419 g/mol. The first-order valence-electron chi connectivity index (χ1n) is 9.81. The maximum atomic E-state index is 13.1. The first-order chi connectivity index (χ1) is 14.3. The summed E-state index contributed by atoms with van der Waals surface area (Å²) in [6, 6.07) is 4.26. The number of alkyl halides is 2. The number of nitrogens with zero attached hydrogens (tertiary/aromatic N) is 2. The van der Waals surface area contributed by atoms with Crippen molar-refractivity contribution in [3.8, 4) is 11.5 Å². The van der Waals surface area contributed by atoms with Crippen molar-refractivity contribution in [2.75, 3.05) is 17.7 Å². The van der Waals surface area contributed by atoms with Crippen LogP contribution in [0.2, 0.25) is 0 Å². The van der Waals surface area contributed by atoms with Gasteiger partial charge in [-0.25, -0.2) is 4.98 Å². The highest BCUT2D eigenvalue weighted by atomic mass is 19.3. The first-order valence-corrected chi connectivity index (χ1v) is 9.81. The first kappa shape index (κ1) is 20.1. The van der Waals surface area contributed by atoms with Crippen LogP contribution in [-0.4, -0.2) is 41.3 Å². The summed E-state index contributed by atoms with van der Waals surface area (Å²) in [4.78, 5) is 21.3. The molecule has 1 amide bonds. The van der Waals surface area contributed by atoms with Crippen molar-refractivity contribution in [2.45, 2.75) is 51.0 Å².